The molecule has 0 unspecified atom stereocenters. The van der Waals surface area contributed by atoms with Crippen LogP contribution in [0, 0.1) is 0 Å². The Balaban J connectivity index is 4.38. The minimum Gasteiger partial charge on any atom is -0.338 e. The third-order valence-corrected chi connectivity index (χ3v) is 2.41. The fourth-order valence-electron chi connectivity index (χ4n) is 1.70. The van der Waals surface area contributed by atoms with E-state index in [1.807, 2.05) is 0 Å². The van der Waals surface area contributed by atoms with Crippen LogP contribution < -0.4 is 0 Å². The van der Waals surface area contributed by atoms with E-state index in [0.717, 1.165) is 23.9 Å². The summed E-state index contributed by atoms with van der Waals surface area (Å²) < 4.78 is 18.2. The molecule has 0 amide bonds. The number of ether oxygens (including phenoxy) is 1. The number of alkyl halides is 1. The fraction of sp³-hybridized carbons (Fsp3) is 1.00. The molecule has 2 nitrogen and oxygen atoms in total. The normalized spacial score (nSPS) is 13.4. The first-order valence-corrected chi connectivity index (χ1v) is 4.89. The van der Waals surface area contributed by atoms with Crippen LogP contribution in [0.1, 0.15) is 26.7 Å². The van der Waals surface area contributed by atoms with E-state index in [1.54, 1.807) is 0 Å². The highest BCUT2D eigenvalue weighted by molar-refractivity contribution is 4.76. The summed E-state index contributed by atoms with van der Waals surface area (Å²) in [5.41, 5.74) is -0.285. The van der Waals surface area contributed by atoms with Crippen LogP contribution >= 0.6 is 0 Å². The highest BCUT2D eigenvalue weighted by Crippen LogP contribution is 2.23. The van der Waals surface area contributed by atoms with Gasteiger partial charge in [0.2, 0.25) is 0 Å². The van der Waals surface area contributed by atoms with E-state index < -0.39 is 6.86 Å². The Hall–Kier alpha value is -0.150. The molecule has 0 radical (unpaired) electrons. The molecule has 0 aromatic heterocycles. The lowest BCUT2D eigenvalue weighted by atomic mass is 9.96. The molecule has 0 aliphatic heterocycles. The second kappa shape index (κ2) is 4.91. The number of hydrogen-bond acceptors (Lipinski definition) is 1. The van der Waals surface area contributed by atoms with Gasteiger partial charge in [0.15, 0.2) is 6.86 Å². The number of likely N-dealkylation sites (N-methyl/N-ethyl adjacent to an activating group) is 1. The Bertz CT molecular complexity index is 138. The van der Waals surface area contributed by atoms with Gasteiger partial charge in [0.1, 0.15) is 12.1 Å². The Kier molecular flexibility index (Phi) is 4.86. The minimum absolute atomic E-state index is 0.285. The summed E-state index contributed by atoms with van der Waals surface area (Å²) in [6.45, 7) is 4.27. The van der Waals surface area contributed by atoms with Crippen molar-refractivity contribution in [2.24, 2.45) is 0 Å². The summed E-state index contributed by atoms with van der Waals surface area (Å²) in [6, 6.07) is 0. The van der Waals surface area contributed by atoms with Crippen LogP contribution in [-0.2, 0) is 4.74 Å². The van der Waals surface area contributed by atoms with E-state index in [2.05, 4.69) is 35.0 Å². The van der Waals surface area contributed by atoms with Gasteiger partial charge in [-0.3, -0.25) is 0 Å². The van der Waals surface area contributed by atoms with Crippen molar-refractivity contribution in [3.05, 3.63) is 0 Å². The van der Waals surface area contributed by atoms with Gasteiger partial charge < -0.3 is 9.22 Å². The molecule has 0 heterocycles. The van der Waals surface area contributed by atoms with Crippen LogP contribution in [-0.4, -0.2) is 44.6 Å². The Morgan fingerprint density at radius 3 is 1.85 bits per heavy atom. The molecule has 0 aliphatic carbocycles. The zero-order valence-corrected chi connectivity index (χ0v) is 9.56. The van der Waals surface area contributed by atoms with Gasteiger partial charge in [-0.25, -0.2) is 4.39 Å². The molecule has 0 N–H and O–H groups in total. The number of rotatable bonds is 6. The molecule has 0 atom stereocenters. The van der Waals surface area contributed by atoms with Crippen molar-refractivity contribution in [1.29, 1.82) is 0 Å². The van der Waals surface area contributed by atoms with Crippen molar-refractivity contribution in [2.75, 3.05) is 34.5 Å². The first-order chi connectivity index (χ1) is 5.89. The highest BCUT2D eigenvalue weighted by atomic mass is 19.1. The van der Waals surface area contributed by atoms with Crippen molar-refractivity contribution in [3.8, 4) is 0 Å². The second-order valence-electron chi connectivity index (χ2n) is 4.59. The third kappa shape index (κ3) is 4.58. The Morgan fingerprint density at radius 1 is 1.15 bits per heavy atom. The predicted octanol–water partition coefficient (Wildman–Crippen LogP) is 2.20. The van der Waals surface area contributed by atoms with E-state index in [9.17, 15) is 4.39 Å². The summed E-state index contributed by atoms with van der Waals surface area (Å²) in [5.74, 6) is 0. The molecular weight excluding hydrogens is 169 g/mol. The van der Waals surface area contributed by atoms with E-state index >= 15 is 0 Å². The molecule has 0 aliphatic rings. The molecular formula is C10H23FNO+. The maximum absolute atomic E-state index is 12.2. The number of halogens is 1. The van der Waals surface area contributed by atoms with E-state index in [4.69, 9.17) is 4.74 Å². The lowest BCUT2D eigenvalue weighted by molar-refractivity contribution is -0.877. The lowest BCUT2D eigenvalue weighted by Crippen LogP contribution is -2.50. The maximum atomic E-state index is 12.2. The van der Waals surface area contributed by atoms with Gasteiger partial charge in [-0.05, 0) is 12.8 Å². The van der Waals surface area contributed by atoms with Crippen LogP contribution in [0.4, 0.5) is 4.39 Å². The third-order valence-electron chi connectivity index (χ3n) is 2.41. The van der Waals surface area contributed by atoms with Gasteiger partial charge >= 0.3 is 0 Å². The van der Waals surface area contributed by atoms with Gasteiger partial charge in [-0.15, -0.1) is 0 Å². The Labute approximate surface area is 81.3 Å². The zero-order valence-electron chi connectivity index (χ0n) is 9.56. The molecule has 13 heavy (non-hydrogen) atoms. The summed E-state index contributed by atoms with van der Waals surface area (Å²) >= 11 is 0. The summed E-state index contributed by atoms with van der Waals surface area (Å²) in [5, 5.41) is 0. The van der Waals surface area contributed by atoms with Crippen molar-refractivity contribution in [3.63, 3.8) is 0 Å². The van der Waals surface area contributed by atoms with Crippen molar-refractivity contribution in [2.45, 2.75) is 32.3 Å². The molecule has 0 rings (SSSR count). The fourth-order valence-corrected chi connectivity index (χ4v) is 1.70. The number of nitrogens with zero attached hydrogens (tertiary/aromatic N) is 1. The summed E-state index contributed by atoms with van der Waals surface area (Å²) in [6.07, 6.45) is 1.73. The van der Waals surface area contributed by atoms with Crippen LogP contribution in [0.2, 0.25) is 0 Å². The van der Waals surface area contributed by atoms with Crippen LogP contribution in [0.15, 0.2) is 0 Å². The SMILES string of the molecule is CCC(CC)(C[N+](C)(C)C)OCF. The predicted molar refractivity (Wildman–Crippen MR) is 53.3 cm³/mol. The first kappa shape index (κ1) is 12.8. The number of quaternary nitrogens is 1. The Morgan fingerprint density at radius 2 is 1.62 bits per heavy atom. The molecule has 0 fully saturated rings. The van der Waals surface area contributed by atoms with Gasteiger partial charge in [0.05, 0.1) is 21.1 Å². The summed E-state index contributed by atoms with van der Waals surface area (Å²) in [7, 11) is 6.30. The molecule has 80 valence electrons. The maximum Gasteiger partial charge on any atom is 0.189 e. The molecule has 0 aromatic rings. The largest absolute Gasteiger partial charge is 0.338 e. The van der Waals surface area contributed by atoms with Crippen LogP contribution in [0.3, 0.4) is 0 Å². The minimum atomic E-state index is -0.679. The topological polar surface area (TPSA) is 9.23 Å². The molecule has 0 spiro atoms. The molecule has 0 saturated heterocycles. The highest BCUT2D eigenvalue weighted by Gasteiger charge is 2.33. The van der Waals surface area contributed by atoms with Gasteiger partial charge in [-0.2, -0.15) is 0 Å². The zero-order chi connectivity index (χ0) is 10.5. The molecule has 3 heteroatoms. The van der Waals surface area contributed by atoms with Crippen molar-refractivity contribution < 1.29 is 13.6 Å². The second-order valence-corrected chi connectivity index (χ2v) is 4.59. The summed E-state index contributed by atoms with van der Waals surface area (Å²) in [4.78, 5) is 0. The van der Waals surface area contributed by atoms with Crippen LogP contribution in [0.5, 0.6) is 0 Å². The van der Waals surface area contributed by atoms with Gasteiger partial charge in [0, 0.05) is 0 Å². The van der Waals surface area contributed by atoms with Gasteiger partial charge in [-0.1, -0.05) is 13.8 Å². The average Bonchev–Trinajstić information content (AvgIpc) is 2.01. The standard InChI is InChI=1S/C10H23FNO/c1-6-10(7-2,13-9-11)8-12(3,4)5/h6-9H2,1-5H3/q+1. The van der Waals surface area contributed by atoms with Gasteiger partial charge in [0.25, 0.3) is 0 Å². The quantitative estimate of drug-likeness (QED) is 0.586. The first-order valence-electron chi connectivity index (χ1n) is 4.89. The van der Waals surface area contributed by atoms with Crippen LogP contribution in [0.25, 0.3) is 0 Å². The lowest BCUT2D eigenvalue weighted by Gasteiger charge is -2.37. The molecule has 0 saturated carbocycles. The molecule has 0 bridgehead atoms. The average molecular weight is 192 g/mol. The molecule has 0 aromatic carbocycles. The smallest absolute Gasteiger partial charge is 0.189 e. The number of hydrogen-bond donors (Lipinski definition) is 0. The van der Waals surface area contributed by atoms with E-state index in [1.165, 1.54) is 0 Å². The van der Waals surface area contributed by atoms with E-state index in [0.29, 0.717) is 0 Å². The van der Waals surface area contributed by atoms with Crippen molar-refractivity contribution in [1.82, 2.24) is 0 Å². The monoisotopic (exact) mass is 192 g/mol. The van der Waals surface area contributed by atoms with E-state index in [-0.39, 0.29) is 5.60 Å². The van der Waals surface area contributed by atoms with Crippen molar-refractivity contribution >= 4 is 0 Å².